The van der Waals surface area contributed by atoms with Gasteiger partial charge in [0.25, 0.3) is 0 Å². The van der Waals surface area contributed by atoms with Crippen LogP contribution in [0.15, 0.2) is 18.5 Å². The van der Waals surface area contributed by atoms with Crippen LogP contribution in [0.1, 0.15) is 69.2 Å². The number of halogens is 1. The molecule has 1 aliphatic heterocycles. The zero-order chi connectivity index (χ0) is 25.1. The molecule has 3 heterocycles. The normalized spacial score (nSPS) is 20.7. The number of Topliss-reactive ketones (excluding diaryl/α,β-unsaturated/α-hetero) is 1. The minimum absolute atomic E-state index is 0.00955. The van der Waals surface area contributed by atoms with E-state index in [1.807, 2.05) is 15.7 Å². The average Bonchev–Trinajstić information content (AvgIpc) is 3.46. The highest BCUT2D eigenvalue weighted by Crippen LogP contribution is 2.31. The van der Waals surface area contributed by atoms with E-state index in [1.54, 1.807) is 26.2 Å². The molecule has 0 aromatic carbocycles. The third-order valence-corrected chi connectivity index (χ3v) is 7.85. The van der Waals surface area contributed by atoms with E-state index >= 15 is 0 Å². The molecule has 2 amide bonds. The number of carbonyl (C=O) groups excluding carboxylic acids is 3. The fraction of sp³-hybridized carbons (Fsp3) is 0.615. The predicted octanol–water partition coefficient (Wildman–Crippen LogP) is 3.56. The lowest BCUT2D eigenvalue weighted by Gasteiger charge is -2.35. The van der Waals surface area contributed by atoms with Crippen LogP contribution in [0.5, 0.6) is 0 Å². The minimum atomic E-state index is -0.509. The van der Waals surface area contributed by atoms with E-state index in [9.17, 15) is 14.4 Å². The van der Waals surface area contributed by atoms with Crippen molar-refractivity contribution in [3.63, 3.8) is 0 Å². The Morgan fingerprint density at radius 1 is 1.17 bits per heavy atom. The first kappa shape index (κ1) is 25.6. The van der Waals surface area contributed by atoms with Crippen molar-refractivity contribution in [2.45, 2.75) is 83.5 Å². The Labute approximate surface area is 211 Å². The Bertz CT molecular complexity index is 1090. The highest BCUT2D eigenvalue weighted by atomic mass is 35.5. The Hall–Kier alpha value is -2.45. The number of ketones is 1. The van der Waals surface area contributed by atoms with Crippen LogP contribution in [0.2, 0.25) is 5.02 Å². The number of fused-ring (bicyclic) bond motifs is 1. The fourth-order valence-electron chi connectivity index (χ4n) is 5.54. The molecule has 3 unspecified atom stereocenters. The van der Waals surface area contributed by atoms with E-state index in [2.05, 4.69) is 15.6 Å². The SMILES string of the molecule is CNC(C)C(=O)NC(C(=O)N1CCCC1Cn1cc(C(C)=O)c2cc(Cl)cnc21)C1CCCCC1. The Morgan fingerprint density at radius 2 is 1.91 bits per heavy atom. The summed E-state index contributed by atoms with van der Waals surface area (Å²) in [6, 6.07) is 0.870. The van der Waals surface area contributed by atoms with Crippen molar-refractivity contribution >= 4 is 40.2 Å². The smallest absolute Gasteiger partial charge is 0.245 e. The number of likely N-dealkylation sites (N-methyl/N-ethyl adjacent to an activating group) is 1. The van der Waals surface area contributed by atoms with Gasteiger partial charge in [0.15, 0.2) is 5.78 Å². The summed E-state index contributed by atoms with van der Waals surface area (Å²) in [6.07, 6.45) is 10.5. The molecule has 2 aromatic rings. The Kier molecular flexibility index (Phi) is 8.12. The molecule has 9 heteroatoms. The maximum Gasteiger partial charge on any atom is 0.245 e. The maximum atomic E-state index is 13.9. The van der Waals surface area contributed by atoms with Gasteiger partial charge in [-0.1, -0.05) is 30.9 Å². The van der Waals surface area contributed by atoms with Crippen LogP contribution in [0.25, 0.3) is 11.0 Å². The maximum absolute atomic E-state index is 13.9. The van der Waals surface area contributed by atoms with Gasteiger partial charge in [0.1, 0.15) is 11.7 Å². The van der Waals surface area contributed by atoms with Crippen LogP contribution in [0, 0.1) is 5.92 Å². The molecule has 35 heavy (non-hydrogen) atoms. The number of hydrogen-bond acceptors (Lipinski definition) is 5. The summed E-state index contributed by atoms with van der Waals surface area (Å²) in [5.41, 5.74) is 1.28. The minimum Gasteiger partial charge on any atom is -0.343 e. The van der Waals surface area contributed by atoms with Crippen LogP contribution >= 0.6 is 11.6 Å². The van der Waals surface area contributed by atoms with Crippen molar-refractivity contribution in [1.82, 2.24) is 25.1 Å². The molecule has 4 rings (SSSR count). The van der Waals surface area contributed by atoms with Crippen LogP contribution < -0.4 is 10.6 Å². The number of rotatable bonds is 8. The van der Waals surface area contributed by atoms with Gasteiger partial charge in [-0.3, -0.25) is 14.4 Å². The van der Waals surface area contributed by atoms with E-state index in [-0.39, 0.29) is 35.6 Å². The topological polar surface area (TPSA) is 96.3 Å². The number of pyridine rings is 1. The van der Waals surface area contributed by atoms with Gasteiger partial charge in [-0.2, -0.15) is 0 Å². The molecule has 1 saturated carbocycles. The molecule has 2 aromatic heterocycles. The number of amides is 2. The van der Waals surface area contributed by atoms with E-state index in [1.165, 1.54) is 13.3 Å². The van der Waals surface area contributed by atoms with Gasteiger partial charge in [-0.05, 0) is 58.6 Å². The highest BCUT2D eigenvalue weighted by molar-refractivity contribution is 6.31. The van der Waals surface area contributed by atoms with Gasteiger partial charge in [-0.25, -0.2) is 4.98 Å². The molecule has 0 spiro atoms. The molecule has 0 radical (unpaired) electrons. The molecule has 3 atom stereocenters. The van der Waals surface area contributed by atoms with Gasteiger partial charge < -0.3 is 20.1 Å². The van der Waals surface area contributed by atoms with Crippen molar-refractivity contribution in [1.29, 1.82) is 0 Å². The van der Waals surface area contributed by atoms with Crippen molar-refractivity contribution < 1.29 is 14.4 Å². The van der Waals surface area contributed by atoms with E-state index < -0.39 is 6.04 Å². The molecule has 0 bridgehead atoms. The number of hydrogen-bond donors (Lipinski definition) is 2. The quantitative estimate of drug-likeness (QED) is 0.539. The second-order valence-corrected chi connectivity index (χ2v) is 10.4. The van der Waals surface area contributed by atoms with Gasteiger partial charge in [0, 0.05) is 42.5 Å². The highest BCUT2D eigenvalue weighted by Gasteiger charge is 2.39. The molecular formula is C26H36ClN5O3. The molecule has 8 nitrogen and oxygen atoms in total. The Balaban J connectivity index is 1.58. The first-order chi connectivity index (χ1) is 16.8. The van der Waals surface area contributed by atoms with Crippen LogP contribution in [0.4, 0.5) is 0 Å². The number of aromatic nitrogens is 2. The largest absolute Gasteiger partial charge is 0.343 e. The summed E-state index contributed by atoms with van der Waals surface area (Å²) in [4.78, 5) is 45.3. The second-order valence-electron chi connectivity index (χ2n) is 10.00. The van der Waals surface area contributed by atoms with E-state index in [0.29, 0.717) is 29.3 Å². The second kappa shape index (κ2) is 11.1. The molecule has 2 aliphatic rings. The van der Waals surface area contributed by atoms with Crippen LogP contribution in [0.3, 0.4) is 0 Å². The third-order valence-electron chi connectivity index (χ3n) is 7.64. The van der Waals surface area contributed by atoms with E-state index in [4.69, 9.17) is 11.6 Å². The third kappa shape index (κ3) is 5.54. The fourth-order valence-corrected chi connectivity index (χ4v) is 5.70. The zero-order valence-electron chi connectivity index (χ0n) is 20.8. The number of likely N-dealkylation sites (tertiary alicyclic amines) is 1. The summed E-state index contributed by atoms with van der Waals surface area (Å²) in [5.74, 6) is -0.0204. The van der Waals surface area contributed by atoms with Gasteiger partial charge >= 0.3 is 0 Å². The molecule has 2 N–H and O–H groups in total. The van der Waals surface area contributed by atoms with Crippen molar-refractivity contribution in [2.24, 2.45) is 5.92 Å². The first-order valence-electron chi connectivity index (χ1n) is 12.7. The van der Waals surface area contributed by atoms with Crippen molar-refractivity contribution in [2.75, 3.05) is 13.6 Å². The predicted molar refractivity (Wildman–Crippen MR) is 137 cm³/mol. The van der Waals surface area contributed by atoms with Gasteiger partial charge in [-0.15, -0.1) is 0 Å². The van der Waals surface area contributed by atoms with Crippen molar-refractivity contribution in [3.8, 4) is 0 Å². The molecule has 1 saturated heterocycles. The van der Waals surface area contributed by atoms with E-state index in [0.717, 1.165) is 43.9 Å². The Morgan fingerprint density at radius 3 is 2.60 bits per heavy atom. The van der Waals surface area contributed by atoms with Gasteiger partial charge in [0.05, 0.1) is 11.1 Å². The average molecular weight is 502 g/mol. The molecule has 2 fully saturated rings. The van der Waals surface area contributed by atoms with Gasteiger partial charge in [0.2, 0.25) is 11.8 Å². The summed E-state index contributed by atoms with van der Waals surface area (Å²) in [5, 5.41) is 7.27. The molecular weight excluding hydrogens is 466 g/mol. The number of nitrogens with zero attached hydrogens (tertiary/aromatic N) is 3. The summed E-state index contributed by atoms with van der Waals surface area (Å²) in [7, 11) is 1.75. The lowest BCUT2D eigenvalue weighted by atomic mass is 9.83. The lowest BCUT2D eigenvalue weighted by molar-refractivity contribution is -0.139. The summed E-state index contributed by atoms with van der Waals surface area (Å²) in [6.45, 7) is 4.55. The lowest BCUT2D eigenvalue weighted by Crippen LogP contribution is -2.56. The summed E-state index contributed by atoms with van der Waals surface area (Å²) >= 11 is 6.15. The molecule has 190 valence electrons. The standard InChI is InChI=1S/C26H36ClN5O3/c1-16(28-3)25(34)30-23(18-8-5-4-6-9-18)26(35)32-11-7-10-20(32)14-31-15-22(17(2)33)21-12-19(27)13-29-24(21)31/h12-13,15-16,18,20,23,28H,4-11,14H2,1-3H3,(H,30,34). The zero-order valence-corrected chi connectivity index (χ0v) is 21.6. The first-order valence-corrected chi connectivity index (χ1v) is 13.1. The number of carbonyl (C=O) groups is 3. The molecule has 1 aliphatic carbocycles. The monoisotopic (exact) mass is 501 g/mol. The van der Waals surface area contributed by atoms with Crippen molar-refractivity contribution in [3.05, 3.63) is 29.0 Å². The van der Waals surface area contributed by atoms with Crippen LogP contribution in [-0.2, 0) is 16.1 Å². The van der Waals surface area contributed by atoms with Crippen LogP contribution in [-0.4, -0.2) is 63.8 Å². The number of nitrogens with one attached hydrogen (secondary N) is 2. The summed E-state index contributed by atoms with van der Waals surface area (Å²) < 4.78 is 1.97.